The smallest absolute Gasteiger partial charge is 0.260 e. The first-order valence-electron chi connectivity index (χ1n) is 6.34. The number of fused-ring (bicyclic) bond motifs is 1. The maximum Gasteiger partial charge on any atom is 0.260 e. The Kier molecular flexibility index (Phi) is 3.30. The van der Waals surface area contributed by atoms with Crippen LogP contribution in [0.3, 0.4) is 0 Å². The van der Waals surface area contributed by atoms with Crippen molar-refractivity contribution < 1.29 is 19.4 Å². The second-order valence-electron chi connectivity index (χ2n) is 4.72. The van der Waals surface area contributed by atoms with E-state index in [9.17, 15) is 9.90 Å². The van der Waals surface area contributed by atoms with Gasteiger partial charge in [-0.3, -0.25) is 9.69 Å². The van der Waals surface area contributed by atoms with Crippen LogP contribution in [0.4, 0.5) is 5.69 Å². The summed E-state index contributed by atoms with van der Waals surface area (Å²) in [5.74, 6) is 0.135. The number of ether oxygens (including phenoxy) is 2. The van der Waals surface area contributed by atoms with Crippen molar-refractivity contribution in [1.29, 1.82) is 0 Å². The van der Waals surface area contributed by atoms with E-state index in [4.69, 9.17) is 9.47 Å². The fourth-order valence-electron chi connectivity index (χ4n) is 2.33. The summed E-state index contributed by atoms with van der Waals surface area (Å²) >= 11 is 0. The molecule has 0 radical (unpaired) electrons. The quantitative estimate of drug-likeness (QED) is 0.927. The van der Waals surface area contributed by atoms with Crippen LogP contribution in [0, 0.1) is 0 Å². The Morgan fingerprint density at radius 1 is 1.30 bits per heavy atom. The molecule has 1 unspecified atom stereocenters. The van der Waals surface area contributed by atoms with Gasteiger partial charge in [0.2, 0.25) is 0 Å². The molecule has 1 atom stereocenters. The minimum atomic E-state index is -0.532. The highest BCUT2D eigenvalue weighted by Crippen LogP contribution is 2.27. The van der Waals surface area contributed by atoms with Gasteiger partial charge in [-0.1, -0.05) is 12.1 Å². The third-order valence-corrected chi connectivity index (χ3v) is 3.38. The van der Waals surface area contributed by atoms with E-state index >= 15 is 0 Å². The minimum absolute atomic E-state index is 0.0926. The first-order valence-corrected chi connectivity index (χ1v) is 6.34. The van der Waals surface area contributed by atoms with Gasteiger partial charge in [0.05, 0.1) is 6.61 Å². The van der Waals surface area contributed by atoms with Gasteiger partial charge < -0.3 is 14.6 Å². The minimum Gasteiger partial charge on any atom is -0.508 e. The molecule has 2 aromatic rings. The molecule has 1 N–H and O–H groups in total. The van der Waals surface area contributed by atoms with Crippen LogP contribution in [0.15, 0.2) is 36.4 Å². The van der Waals surface area contributed by atoms with Crippen molar-refractivity contribution in [3.8, 4) is 5.75 Å². The van der Waals surface area contributed by atoms with Crippen LogP contribution in [0.1, 0.15) is 0 Å². The summed E-state index contributed by atoms with van der Waals surface area (Å²) in [7, 11) is 1.54. The molecule has 1 fully saturated rings. The average Bonchev–Trinajstić information content (AvgIpc) is 2.80. The summed E-state index contributed by atoms with van der Waals surface area (Å²) in [5, 5.41) is 11.3. The zero-order chi connectivity index (χ0) is 14.1. The number of nitrogens with zero attached hydrogens (tertiary/aromatic N) is 1. The van der Waals surface area contributed by atoms with E-state index in [0.29, 0.717) is 0 Å². The predicted octanol–water partition coefficient (Wildman–Crippen LogP) is 1.88. The molecule has 1 saturated heterocycles. The van der Waals surface area contributed by atoms with Crippen LogP contribution in [0.2, 0.25) is 0 Å². The number of carbonyl (C=O) groups is 1. The number of phenols is 1. The molecular formula is C15H15NO4. The fourth-order valence-corrected chi connectivity index (χ4v) is 2.33. The lowest BCUT2D eigenvalue weighted by Gasteiger charge is -2.15. The van der Waals surface area contributed by atoms with Crippen molar-refractivity contribution in [2.45, 2.75) is 6.10 Å². The van der Waals surface area contributed by atoms with Crippen molar-refractivity contribution in [2.24, 2.45) is 0 Å². The van der Waals surface area contributed by atoms with E-state index in [2.05, 4.69) is 0 Å². The second-order valence-corrected chi connectivity index (χ2v) is 4.72. The Morgan fingerprint density at radius 2 is 2.05 bits per heavy atom. The Hall–Kier alpha value is -2.11. The fraction of sp³-hybridized carbons (Fsp3) is 0.267. The van der Waals surface area contributed by atoms with Crippen LogP contribution in [0.5, 0.6) is 5.75 Å². The van der Waals surface area contributed by atoms with Crippen LogP contribution >= 0.6 is 0 Å². The number of anilines is 1. The molecule has 1 aliphatic heterocycles. The van der Waals surface area contributed by atoms with Crippen LogP contribution in [-0.4, -0.2) is 37.6 Å². The number of carbonyl (C=O) groups excluding carboxylic acids is 1. The van der Waals surface area contributed by atoms with E-state index in [1.165, 1.54) is 0 Å². The monoisotopic (exact) mass is 273 g/mol. The van der Waals surface area contributed by atoms with Crippen molar-refractivity contribution in [1.82, 2.24) is 0 Å². The summed E-state index contributed by atoms with van der Waals surface area (Å²) in [6.07, 6.45) is -0.532. The molecule has 1 aliphatic rings. The van der Waals surface area contributed by atoms with Crippen LogP contribution in [0.25, 0.3) is 10.8 Å². The van der Waals surface area contributed by atoms with Gasteiger partial charge in [-0.25, -0.2) is 0 Å². The topological polar surface area (TPSA) is 59.0 Å². The molecule has 0 aliphatic carbocycles. The van der Waals surface area contributed by atoms with Crippen molar-refractivity contribution in [3.05, 3.63) is 36.4 Å². The third-order valence-electron chi connectivity index (χ3n) is 3.38. The zero-order valence-electron chi connectivity index (χ0n) is 11.1. The number of hydrogen-bond acceptors (Lipinski definition) is 4. The first-order chi connectivity index (χ1) is 9.69. The normalized spacial score (nSPS) is 18.9. The van der Waals surface area contributed by atoms with Crippen molar-refractivity contribution in [3.63, 3.8) is 0 Å². The van der Waals surface area contributed by atoms with E-state index in [0.717, 1.165) is 16.5 Å². The van der Waals surface area contributed by atoms with E-state index in [1.54, 1.807) is 24.1 Å². The lowest BCUT2D eigenvalue weighted by Crippen LogP contribution is -2.31. The lowest BCUT2D eigenvalue weighted by molar-refractivity contribution is -0.124. The van der Waals surface area contributed by atoms with Gasteiger partial charge in [-0.15, -0.1) is 0 Å². The van der Waals surface area contributed by atoms with E-state index < -0.39 is 6.10 Å². The van der Waals surface area contributed by atoms with Crippen LogP contribution < -0.4 is 4.90 Å². The highest BCUT2D eigenvalue weighted by Gasteiger charge is 2.33. The summed E-state index contributed by atoms with van der Waals surface area (Å²) in [6, 6.07) is 10.8. The molecule has 5 nitrogen and oxygen atoms in total. The number of aromatic hydroxyl groups is 1. The maximum absolute atomic E-state index is 12.2. The number of benzene rings is 2. The summed E-state index contributed by atoms with van der Waals surface area (Å²) < 4.78 is 10.4. The Labute approximate surface area is 116 Å². The molecule has 1 heterocycles. The van der Waals surface area contributed by atoms with Gasteiger partial charge in [0.1, 0.15) is 12.5 Å². The Balaban J connectivity index is 1.91. The van der Waals surface area contributed by atoms with E-state index in [1.807, 2.05) is 24.3 Å². The largest absolute Gasteiger partial charge is 0.508 e. The second kappa shape index (κ2) is 5.11. The maximum atomic E-state index is 12.2. The Morgan fingerprint density at radius 3 is 2.85 bits per heavy atom. The standard InChI is InChI=1S/C15H15NO4/c1-19-8-14-15(18)16(9-20-14)12-4-2-11-7-13(17)5-3-10(11)6-12/h2-7,14,17H,8-9H2,1H3. The number of rotatable bonds is 3. The zero-order valence-corrected chi connectivity index (χ0v) is 11.1. The first kappa shape index (κ1) is 12.9. The van der Waals surface area contributed by atoms with E-state index in [-0.39, 0.29) is 25.0 Å². The molecule has 0 aromatic heterocycles. The molecule has 5 heteroatoms. The van der Waals surface area contributed by atoms with Crippen LogP contribution in [-0.2, 0) is 14.3 Å². The third kappa shape index (κ3) is 2.21. The highest BCUT2D eigenvalue weighted by molar-refractivity contribution is 6.00. The molecule has 1 amide bonds. The number of phenolic OH excluding ortho intramolecular Hbond substituents is 1. The number of hydrogen-bond donors (Lipinski definition) is 1. The Bertz CT molecular complexity index is 655. The lowest BCUT2D eigenvalue weighted by atomic mass is 10.1. The molecule has 0 spiro atoms. The van der Waals surface area contributed by atoms with Gasteiger partial charge in [0.15, 0.2) is 6.10 Å². The summed E-state index contributed by atoms with van der Waals surface area (Å²) in [4.78, 5) is 13.8. The SMILES string of the molecule is COCC1OCN(c2ccc3cc(O)ccc3c2)C1=O. The molecule has 0 saturated carbocycles. The number of amides is 1. The molecule has 104 valence electrons. The molecule has 0 bridgehead atoms. The molecular weight excluding hydrogens is 258 g/mol. The predicted molar refractivity (Wildman–Crippen MR) is 74.7 cm³/mol. The van der Waals surface area contributed by atoms with Gasteiger partial charge in [0, 0.05) is 12.8 Å². The molecule has 20 heavy (non-hydrogen) atoms. The molecule has 2 aromatic carbocycles. The highest BCUT2D eigenvalue weighted by atomic mass is 16.6. The average molecular weight is 273 g/mol. The molecule has 3 rings (SSSR count). The van der Waals surface area contributed by atoms with Gasteiger partial charge >= 0.3 is 0 Å². The van der Waals surface area contributed by atoms with Gasteiger partial charge in [-0.05, 0) is 35.0 Å². The number of methoxy groups -OCH3 is 1. The van der Waals surface area contributed by atoms with Crippen molar-refractivity contribution >= 4 is 22.4 Å². The summed E-state index contributed by atoms with van der Waals surface area (Å²) in [6.45, 7) is 0.493. The van der Waals surface area contributed by atoms with Crippen molar-refractivity contribution in [2.75, 3.05) is 25.3 Å². The summed E-state index contributed by atoms with van der Waals surface area (Å²) in [5.41, 5.74) is 0.784. The van der Waals surface area contributed by atoms with Gasteiger partial charge in [-0.2, -0.15) is 0 Å². The van der Waals surface area contributed by atoms with Gasteiger partial charge in [0.25, 0.3) is 5.91 Å².